The van der Waals surface area contributed by atoms with E-state index < -0.39 is 0 Å². The predicted molar refractivity (Wildman–Crippen MR) is 96.3 cm³/mol. The van der Waals surface area contributed by atoms with Gasteiger partial charge < -0.3 is 0 Å². The molecule has 0 aliphatic heterocycles. The zero-order valence-electron chi connectivity index (χ0n) is 14.0. The second-order valence-corrected chi connectivity index (χ2v) is 6.86. The van der Waals surface area contributed by atoms with Gasteiger partial charge in [0.2, 0.25) is 0 Å². The molecule has 1 fully saturated rings. The number of nitriles is 1. The highest BCUT2D eigenvalue weighted by Gasteiger charge is 2.32. The van der Waals surface area contributed by atoms with E-state index >= 15 is 0 Å². The Morgan fingerprint density at radius 2 is 1.43 bits per heavy atom. The van der Waals surface area contributed by atoms with E-state index in [4.69, 9.17) is 5.26 Å². The van der Waals surface area contributed by atoms with E-state index in [1.54, 1.807) is 0 Å². The first kappa shape index (κ1) is 15.8. The van der Waals surface area contributed by atoms with Crippen LogP contribution in [-0.2, 0) is 5.41 Å². The average molecular weight is 303 g/mol. The van der Waals surface area contributed by atoms with Crippen LogP contribution < -0.4 is 0 Å². The lowest BCUT2D eigenvalue weighted by atomic mass is 9.67. The maximum absolute atomic E-state index is 8.91. The van der Waals surface area contributed by atoms with Crippen LogP contribution in [0.4, 0.5) is 0 Å². The average Bonchev–Trinajstić information content (AvgIpc) is 2.63. The lowest BCUT2D eigenvalue weighted by Gasteiger charge is -2.38. The maximum Gasteiger partial charge on any atom is 0.0991 e. The molecule has 0 bridgehead atoms. The molecule has 0 saturated heterocycles. The zero-order chi connectivity index (χ0) is 16.1. The first-order chi connectivity index (χ1) is 11.3. The largest absolute Gasteiger partial charge is 0.192 e. The van der Waals surface area contributed by atoms with Gasteiger partial charge in [0.15, 0.2) is 0 Å². The highest BCUT2D eigenvalue weighted by molar-refractivity contribution is 5.64. The highest BCUT2D eigenvalue weighted by atomic mass is 14.4. The van der Waals surface area contributed by atoms with Crippen LogP contribution in [0.2, 0.25) is 0 Å². The maximum atomic E-state index is 8.91. The fourth-order valence-electron chi connectivity index (χ4n) is 4.14. The Morgan fingerprint density at radius 3 is 1.96 bits per heavy atom. The van der Waals surface area contributed by atoms with Crippen molar-refractivity contribution in [2.45, 2.75) is 57.3 Å². The molecule has 2 aromatic carbocycles. The van der Waals surface area contributed by atoms with Gasteiger partial charge in [-0.3, -0.25) is 0 Å². The van der Waals surface area contributed by atoms with Crippen LogP contribution in [0, 0.1) is 11.3 Å². The Kier molecular flexibility index (Phi) is 4.82. The first-order valence-electron chi connectivity index (χ1n) is 8.88. The molecule has 0 spiro atoms. The van der Waals surface area contributed by atoms with Crippen molar-refractivity contribution >= 4 is 0 Å². The number of hydrogen-bond acceptors (Lipinski definition) is 1. The third kappa shape index (κ3) is 3.32. The second kappa shape index (κ2) is 7.01. The van der Waals surface area contributed by atoms with Crippen LogP contribution in [-0.4, -0.2) is 0 Å². The van der Waals surface area contributed by atoms with Gasteiger partial charge in [0, 0.05) is 0 Å². The van der Waals surface area contributed by atoms with Gasteiger partial charge in [0.05, 0.1) is 11.6 Å². The van der Waals surface area contributed by atoms with Crippen LogP contribution in [0.5, 0.6) is 0 Å². The lowest BCUT2D eigenvalue weighted by Crippen LogP contribution is -2.28. The SMILES string of the molecule is CCCC1(c2ccc(-c3ccc(C#N)cc3)cc2)CCCCC1. The van der Waals surface area contributed by atoms with E-state index in [2.05, 4.69) is 37.3 Å². The van der Waals surface area contributed by atoms with E-state index in [0.29, 0.717) is 5.41 Å². The summed E-state index contributed by atoms with van der Waals surface area (Å²) >= 11 is 0. The molecule has 1 heteroatoms. The van der Waals surface area contributed by atoms with Crippen LogP contribution in [0.15, 0.2) is 48.5 Å². The van der Waals surface area contributed by atoms with Crippen molar-refractivity contribution in [2.24, 2.45) is 0 Å². The van der Waals surface area contributed by atoms with Crippen molar-refractivity contribution in [3.8, 4) is 17.2 Å². The van der Waals surface area contributed by atoms with Crippen LogP contribution in [0.25, 0.3) is 11.1 Å². The van der Waals surface area contributed by atoms with E-state index in [-0.39, 0.29) is 0 Å². The molecule has 0 atom stereocenters. The minimum absolute atomic E-state index is 0.413. The van der Waals surface area contributed by atoms with Crippen LogP contribution in [0.1, 0.15) is 63.0 Å². The molecule has 0 unspecified atom stereocenters. The quantitative estimate of drug-likeness (QED) is 0.657. The summed E-state index contributed by atoms with van der Waals surface area (Å²) < 4.78 is 0. The highest BCUT2D eigenvalue weighted by Crippen LogP contribution is 2.43. The fraction of sp³-hybridized carbons (Fsp3) is 0.409. The summed E-state index contributed by atoms with van der Waals surface area (Å²) in [5, 5.41) is 8.91. The minimum Gasteiger partial charge on any atom is -0.192 e. The summed E-state index contributed by atoms with van der Waals surface area (Å²) in [5.74, 6) is 0. The molecular weight excluding hydrogens is 278 g/mol. The summed E-state index contributed by atoms with van der Waals surface area (Å²) in [5.41, 5.74) is 5.08. The number of nitrogens with zero attached hydrogens (tertiary/aromatic N) is 1. The summed E-state index contributed by atoms with van der Waals surface area (Å²) in [7, 11) is 0. The van der Waals surface area contributed by atoms with E-state index in [1.165, 1.54) is 61.6 Å². The summed E-state index contributed by atoms with van der Waals surface area (Å²) in [6.45, 7) is 2.31. The predicted octanol–water partition coefficient (Wildman–Crippen LogP) is 6.23. The molecule has 3 rings (SSSR count). The van der Waals surface area contributed by atoms with Gasteiger partial charge in [0.1, 0.15) is 0 Å². The van der Waals surface area contributed by atoms with E-state index in [1.807, 2.05) is 24.3 Å². The van der Waals surface area contributed by atoms with E-state index in [9.17, 15) is 0 Å². The first-order valence-corrected chi connectivity index (χ1v) is 8.88. The standard InChI is InChI=1S/C22H25N/c1-2-14-22(15-4-3-5-16-22)21-12-10-20(11-13-21)19-8-6-18(17-23)7-9-19/h6-13H,2-5,14-16H2,1H3. The van der Waals surface area contributed by atoms with Gasteiger partial charge in [-0.2, -0.15) is 5.26 Å². The molecule has 1 saturated carbocycles. The van der Waals surface area contributed by atoms with Gasteiger partial charge in [0.25, 0.3) is 0 Å². The Balaban J connectivity index is 1.86. The molecule has 0 amide bonds. The molecule has 1 aliphatic rings. The van der Waals surface area contributed by atoms with Crippen LogP contribution >= 0.6 is 0 Å². The van der Waals surface area contributed by atoms with Gasteiger partial charge >= 0.3 is 0 Å². The molecule has 0 N–H and O–H groups in total. The molecule has 118 valence electrons. The van der Waals surface area contributed by atoms with E-state index in [0.717, 1.165) is 5.56 Å². The normalized spacial score (nSPS) is 16.7. The van der Waals surface area contributed by atoms with Gasteiger partial charge in [-0.15, -0.1) is 0 Å². The van der Waals surface area contributed by atoms with Gasteiger partial charge in [-0.25, -0.2) is 0 Å². The number of rotatable bonds is 4. The van der Waals surface area contributed by atoms with Crippen molar-refractivity contribution in [3.63, 3.8) is 0 Å². The van der Waals surface area contributed by atoms with Gasteiger partial charge in [-0.1, -0.05) is 69.0 Å². The second-order valence-electron chi connectivity index (χ2n) is 6.86. The Morgan fingerprint density at radius 1 is 0.870 bits per heavy atom. The topological polar surface area (TPSA) is 23.8 Å². The van der Waals surface area contributed by atoms with Crippen molar-refractivity contribution in [3.05, 3.63) is 59.7 Å². The molecule has 0 radical (unpaired) electrons. The summed E-state index contributed by atoms with van der Waals surface area (Å²) in [4.78, 5) is 0. The molecular formula is C22H25N. The number of hydrogen-bond donors (Lipinski definition) is 0. The molecule has 0 aromatic heterocycles. The molecule has 1 aliphatic carbocycles. The minimum atomic E-state index is 0.413. The van der Waals surface area contributed by atoms with Crippen molar-refractivity contribution in [2.75, 3.05) is 0 Å². The van der Waals surface area contributed by atoms with Crippen molar-refractivity contribution in [1.29, 1.82) is 5.26 Å². The fourth-order valence-corrected chi connectivity index (χ4v) is 4.14. The van der Waals surface area contributed by atoms with Crippen LogP contribution in [0.3, 0.4) is 0 Å². The molecule has 2 aromatic rings. The molecule has 1 nitrogen and oxygen atoms in total. The summed E-state index contributed by atoms with van der Waals surface area (Å²) in [6.07, 6.45) is 9.40. The van der Waals surface area contributed by atoms with Crippen molar-refractivity contribution < 1.29 is 0 Å². The molecule has 0 heterocycles. The zero-order valence-corrected chi connectivity index (χ0v) is 14.0. The smallest absolute Gasteiger partial charge is 0.0991 e. The monoisotopic (exact) mass is 303 g/mol. The Labute approximate surface area is 140 Å². The third-order valence-electron chi connectivity index (χ3n) is 5.38. The lowest BCUT2D eigenvalue weighted by molar-refractivity contribution is 0.271. The van der Waals surface area contributed by atoms with Gasteiger partial charge in [-0.05, 0) is 53.5 Å². The number of benzene rings is 2. The summed E-state index contributed by atoms with van der Waals surface area (Å²) in [6, 6.07) is 19.2. The Hall–Kier alpha value is -2.07. The Bertz CT molecular complexity index is 662. The third-order valence-corrected chi connectivity index (χ3v) is 5.38. The van der Waals surface area contributed by atoms with Crippen molar-refractivity contribution in [1.82, 2.24) is 0 Å². The molecule has 23 heavy (non-hydrogen) atoms.